The monoisotopic (exact) mass is 401 g/mol. The number of aromatic carboxylic acids is 1. The molecule has 3 rings (SSSR count). The van der Waals surface area contributed by atoms with Gasteiger partial charge in [0, 0.05) is 17.3 Å². The summed E-state index contributed by atoms with van der Waals surface area (Å²) in [5, 5.41) is 15.1. The normalized spacial score (nSPS) is 10.8. The molecule has 0 aliphatic rings. The minimum atomic E-state index is -1.10. The number of aromatic nitrogens is 3. The van der Waals surface area contributed by atoms with Gasteiger partial charge in [0.25, 0.3) is 0 Å². The number of rotatable bonds is 6. The first kappa shape index (κ1) is 19.6. The lowest BCUT2D eigenvalue weighted by atomic mass is 10.2. The van der Waals surface area contributed by atoms with E-state index in [2.05, 4.69) is 20.6 Å². The maximum Gasteiger partial charge on any atom is 0.354 e. The number of hydrogen-bond acceptors (Lipinski definition) is 4. The lowest BCUT2D eigenvalue weighted by Crippen LogP contribution is -2.29. The van der Waals surface area contributed by atoms with E-state index in [1.54, 1.807) is 18.2 Å². The van der Waals surface area contributed by atoms with Gasteiger partial charge in [-0.05, 0) is 43.2 Å². The summed E-state index contributed by atoms with van der Waals surface area (Å²) in [6, 6.07) is 8.03. The Morgan fingerprint density at radius 2 is 2.00 bits per heavy atom. The number of nitrogens with one attached hydrogen (secondary N) is 2. The molecule has 3 N–H and O–H groups in total. The molecule has 0 radical (unpaired) electrons. The number of amides is 2. The van der Waals surface area contributed by atoms with Crippen molar-refractivity contribution in [1.82, 2.24) is 19.9 Å². The Morgan fingerprint density at radius 3 is 2.68 bits per heavy atom. The molecule has 0 fully saturated rings. The highest BCUT2D eigenvalue weighted by molar-refractivity contribution is 6.31. The van der Waals surface area contributed by atoms with E-state index in [1.807, 2.05) is 24.5 Å². The number of carboxylic acid groups (broad SMARTS) is 1. The van der Waals surface area contributed by atoms with Crippen LogP contribution in [0.2, 0.25) is 5.02 Å². The van der Waals surface area contributed by atoms with Gasteiger partial charge in [0.05, 0.1) is 6.54 Å². The number of anilines is 1. The molecule has 28 heavy (non-hydrogen) atoms. The van der Waals surface area contributed by atoms with E-state index < -0.39 is 5.97 Å². The second-order valence-corrected chi connectivity index (χ2v) is 6.68. The summed E-state index contributed by atoms with van der Waals surface area (Å²) in [7, 11) is 0. The van der Waals surface area contributed by atoms with Crippen LogP contribution in [0, 0.1) is 6.92 Å². The summed E-state index contributed by atoms with van der Waals surface area (Å²) in [4.78, 5) is 31.6. The maximum absolute atomic E-state index is 11.8. The average Bonchev–Trinajstić information content (AvgIpc) is 2.96. The van der Waals surface area contributed by atoms with Gasteiger partial charge in [0.1, 0.15) is 11.3 Å². The number of carboxylic acids is 1. The molecule has 2 heterocycles. The second-order valence-electron chi connectivity index (χ2n) is 6.28. The number of urea groups is 1. The van der Waals surface area contributed by atoms with E-state index in [0.717, 1.165) is 12.0 Å². The Bertz CT molecular complexity index is 1050. The molecule has 3 aromatic rings. The van der Waals surface area contributed by atoms with Crippen LogP contribution < -0.4 is 10.6 Å². The molecule has 8 nitrogen and oxygen atoms in total. The van der Waals surface area contributed by atoms with Gasteiger partial charge < -0.3 is 20.3 Å². The highest BCUT2D eigenvalue weighted by Gasteiger charge is 2.14. The Labute approximate surface area is 166 Å². The fourth-order valence-corrected chi connectivity index (χ4v) is 3.00. The van der Waals surface area contributed by atoms with Crippen LogP contribution in [0.1, 0.15) is 35.2 Å². The first-order valence-corrected chi connectivity index (χ1v) is 9.17. The zero-order valence-electron chi connectivity index (χ0n) is 15.5. The zero-order chi connectivity index (χ0) is 20.3. The van der Waals surface area contributed by atoms with Gasteiger partial charge in [0.2, 0.25) is 0 Å². The fraction of sp³-hybridized carbons (Fsp3) is 0.263. The third-order valence-corrected chi connectivity index (χ3v) is 4.53. The highest BCUT2D eigenvalue weighted by Crippen LogP contribution is 2.24. The molecule has 0 spiro atoms. The molecule has 0 unspecified atom stereocenters. The van der Waals surface area contributed by atoms with Crippen molar-refractivity contribution >= 4 is 40.5 Å². The van der Waals surface area contributed by atoms with Gasteiger partial charge in [-0.2, -0.15) is 0 Å². The van der Waals surface area contributed by atoms with Crippen LogP contribution in [0.25, 0.3) is 11.2 Å². The van der Waals surface area contributed by atoms with Gasteiger partial charge >= 0.3 is 12.0 Å². The SMILES string of the molecule is CCCNC(=O)Nc1ccc(Cn2c(C)nc3ccc(C(=O)O)nc32)c(Cl)c1. The van der Waals surface area contributed by atoms with Crippen LogP contribution in [0.15, 0.2) is 30.3 Å². The molecule has 0 saturated carbocycles. The zero-order valence-corrected chi connectivity index (χ0v) is 16.2. The second kappa shape index (κ2) is 8.26. The quantitative estimate of drug-likeness (QED) is 0.583. The largest absolute Gasteiger partial charge is 0.477 e. The van der Waals surface area contributed by atoms with E-state index in [4.69, 9.17) is 11.6 Å². The van der Waals surface area contributed by atoms with Gasteiger partial charge in [-0.25, -0.2) is 19.6 Å². The van der Waals surface area contributed by atoms with Crippen LogP contribution in [0.3, 0.4) is 0 Å². The molecule has 9 heteroatoms. The van der Waals surface area contributed by atoms with Gasteiger partial charge in [0.15, 0.2) is 11.3 Å². The molecule has 0 bridgehead atoms. The number of aryl methyl sites for hydroxylation is 1. The van der Waals surface area contributed by atoms with Crippen molar-refractivity contribution in [3.8, 4) is 0 Å². The Morgan fingerprint density at radius 1 is 1.21 bits per heavy atom. The van der Waals surface area contributed by atoms with Crippen LogP contribution >= 0.6 is 11.6 Å². The highest BCUT2D eigenvalue weighted by atomic mass is 35.5. The Hall–Kier alpha value is -3.13. The van der Waals surface area contributed by atoms with E-state index >= 15 is 0 Å². The van der Waals surface area contributed by atoms with Gasteiger partial charge in [-0.1, -0.05) is 24.6 Å². The van der Waals surface area contributed by atoms with Crippen molar-refractivity contribution in [3.05, 3.63) is 52.4 Å². The lowest BCUT2D eigenvalue weighted by Gasteiger charge is -2.11. The summed E-state index contributed by atoms with van der Waals surface area (Å²) in [6.07, 6.45) is 0.850. The van der Waals surface area contributed by atoms with E-state index in [-0.39, 0.29) is 11.7 Å². The molecule has 0 saturated heterocycles. The minimum Gasteiger partial charge on any atom is -0.477 e. The van der Waals surface area contributed by atoms with Crippen molar-refractivity contribution in [1.29, 1.82) is 0 Å². The summed E-state index contributed by atoms with van der Waals surface area (Å²) in [5.41, 5.74) is 2.43. The molecule has 0 aliphatic carbocycles. The van der Waals surface area contributed by atoms with Crippen LogP contribution in [-0.2, 0) is 6.54 Å². The Kier molecular flexibility index (Phi) is 5.79. The molecular formula is C19H20ClN5O3. The smallest absolute Gasteiger partial charge is 0.354 e. The number of pyridine rings is 1. The number of fused-ring (bicyclic) bond motifs is 1. The van der Waals surface area contributed by atoms with E-state index in [0.29, 0.717) is 40.8 Å². The number of nitrogens with zero attached hydrogens (tertiary/aromatic N) is 3. The third kappa shape index (κ3) is 4.23. The number of hydrogen-bond donors (Lipinski definition) is 3. The van der Waals surface area contributed by atoms with E-state index in [1.165, 1.54) is 6.07 Å². The first-order valence-electron chi connectivity index (χ1n) is 8.79. The summed E-state index contributed by atoms with van der Waals surface area (Å²) in [6.45, 7) is 4.77. The van der Waals surface area contributed by atoms with Gasteiger partial charge in [-0.3, -0.25) is 0 Å². The maximum atomic E-state index is 11.8. The van der Waals surface area contributed by atoms with Crippen molar-refractivity contribution < 1.29 is 14.7 Å². The van der Waals surface area contributed by atoms with E-state index in [9.17, 15) is 14.7 Å². The summed E-state index contributed by atoms with van der Waals surface area (Å²) >= 11 is 6.40. The number of carbonyl (C=O) groups is 2. The minimum absolute atomic E-state index is 0.0441. The van der Waals surface area contributed by atoms with Crippen molar-refractivity contribution in [2.75, 3.05) is 11.9 Å². The fourth-order valence-electron chi connectivity index (χ4n) is 2.76. The predicted octanol–water partition coefficient (Wildman–Crippen LogP) is 3.67. The number of carbonyl (C=O) groups excluding carboxylic acids is 1. The number of benzene rings is 1. The molecule has 2 amide bonds. The number of imidazole rings is 1. The molecule has 2 aromatic heterocycles. The molecule has 146 valence electrons. The van der Waals surface area contributed by atoms with Crippen molar-refractivity contribution in [2.45, 2.75) is 26.8 Å². The lowest BCUT2D eigenvalue weighted by molar-refractivity contribution is 0.0691. The van der Waals surface area contributed by atoms with Crippen molar-refractivity contribution in [2.24, 2.45) is 0 Å². The van der Waals surface area contributed by atoms with Crippen LogP contribution in [-0.4, -0.2) is 38.2 Å². The van der Waals surface area contributed by atoms with Crippen molar-refractivity contribution in [3.63, 3.8) is 0 Å². The first-order chi connectivity index (χ1) is 13.4. The molecule has 0 atom stereocenters. The van der Waals surface area contributed by atoms with Gasteiger partial charge in [-0.15, -0.1) is 0 Å². The molecule has 1 aromatic carbocycles. The molecular weight excluding hydrogens is 382 g/mol. The topological polar surface area (TPSA) is 109 Å². The number of halogens is 1. The van der Waals surface area contributed by atoms with Crippen LogP contribution in [0.4, 0.5) is 10.5 Å². The predicted molar refractivity (Wildman–Crippen MR) is 107 cm³/mol. The molecule has 0 aliphatic heterocycles. The average molecular weight is 402 g/mol. The third-order valence-electron chi connectivity index (χ3n) is 4.18. The summed E-state index contributed by atoms with van der Waals surface area (Å²) < 4.78 is 1.81. The standard InChI is InChI=1S/C19H20ClN5O3/c1-3-8-21-19(28)23-13-5-4-12(14(20)9-13)10-25-11(2)22-15-6-7-16(18(26)27)24-17(15)25/h4-7,9H,3,8,10H2,1-2H3,(H,26,27)(H2,21,23,28). The summed E-state index contributed by atoms with van der Waals surface area (Å²) in [5.74, 6) is -0.399. The van der Waals surface area contributed by atoms with Crippen LogP contribution in [0.5, 0.6) is 0 Å². The Balaban J connectivity index is 1.85.